The maximum Gasteiger partial charge on any atom is 0.306 e. The van der Waals surface area contributed by atoms with E-state index in [1.807, 2.05) is 0 Å². The Kier molecular flexibility index (Phi) is 68.1. The van der Waals surface area contributed by atoms with E-state index in [4.69, 9.17) is 14.2 Å². The van der Waals surface area contributed by atoms with E-state index in [1.165, 1.54) is 257 Å². The number of carbonyl (C=O) groups is 3. The molecule has 0 radical (unpaired) electrons. The molecule has 0 saturated carbocycles. The highest BCUT2D eigenvalue weighted by Gasteiger charge is 2.19. The van der Waals surface area contributed by atoms with Crippen molar-refractivity contribution in [2.24, 2.45) is 0 Å². The van der Waals surface area contributed by atoms with E-state index in [1.54, 1.807) is 0 Å². The summed E-state index contributed by atoms with van der Waals surface area (Å²) < 4.78 is 17.0. The van der Waals surface area contributed by atoms with Gasteiger partial charge in [-0.2, -0.15) is 0 Å². The number of ether oxygens (including phenoxy) is 3. The predicted octanol–water partition coefficient (Wildman–Crippen LogP) is 25.1. The molecule has 6 heteroatoms. The lowest BCUT2D eigenvalue weighted by Gasteiger charge is -2.18. The highest BCUT2D eigenvalue weighted by atomic mass is 16.6. The first kappa shape index (κ1) is 79.1. The molecule has 478 valence electrons. The SMILES string of the molecule is CC/C=C\C/C=C\C/C=C\C/C=C\C/C=C\CCCCCCCCCCCCCCCC(=O)OCC(COC(=O)CCCCCCCCCCCCCCCCC)OC(=O)CCCCCCCCCCCCCCCCCCCCCC. The van der Waals surface area contributed by atoms with Crippen LogP contribution in [0.2, 0.25) is 0 Å². The topological polar surface area (TPSA) is 78.9 Å². The van der Waals surface area contributed by atoms with Crippen LogP contribution in [0, 0.1) is 0 Å². The second kappa shape index (κ2) is 70.6. The van der Waals surface area contributed by atoms with Gasteiger partial charge in [0.25, 0.3) is 0 Å². The lowest BCUT2D eigenvalue weighted by molar-refractivity contribution is -0.167. The minimum Gasteiger partial charge on any atom is -0.462 e. The Bertz CT molecular complexity index is 1460. The third-order valence-corrected chi connectivity index (χ3v) is 16.3. The van der Waals surface area contributed by atoms with Crippen LogP contribution < -0.4 is 0 Å². The summed E-state index contributed by atoms with van der Waals surface area (Å²) in [5.41, 5.74) is 0. The number of unbranched alkanes of at least 4 members (excludes halogenated alkanes) is 46. The van der Waals surface area contributed by atoms with Gasteiger partial charge in [-0.1, -0.05) is 364 Å². The van der Waals surface area contributed by atoms with Gasteiger partial charge in [-0.05, 0) is 64.2 Å². The van der Waals surface area contributed by atoms with Gasteiger partial charge in [0.2, 0.25) is 0 Å². The Balaban J connectivity index is 4.25. The third-order valence-electron chi connectivity index (χ3n) is 16.3. The zero-order chi connectivity index (χ0) is 59.2. The number of carbonyl (C=O) groups excluding carboxylic acids is 3. The van der Waals surface area contributed by atoms with Crippen LogP contribution in [-0.2, 0) is 28.6 Å². The van der Waals surface area contributed by atoms with Crippen LogP contribution in [0.25, 0.3) is 0 Å². The van der Waals surface area contributed by atoms with Crippen molar-refractivity contribution in [3.63, 3.8) is 0 Å². The van der Waals surface area contributed by atoms with Gasteiger partial charge in [0.05, 0.1) is 0 Å². The van der Waals surface area contributed by atoms with Crippen molar-refractivity contribution in [2.45, 2.75) is 393 Å². The molecule has 82 heavy (non-hydrogen) atoms. The summed E-state index contributed by atoms with van der Waals surface area (Å²) in [6.07, 6.45) is 91.1. The van der Waals surface area contributed by atoms with E-state index in [-0.39, 0.29) is 31.1 Å². The van der Waals surface area contributed by atoms with Gasteiger partial charge in [0.1, 0.15) is 13.2 Å². The molecule has 0 fully saturated rings. The fraction of sp³-hybridized carbons (Fsp3) is 0.829. The Morgan fingerprint density at radius 2 is 0.476 bits per heavy atom. The molecule has 0 aliphatic carbocycles. The second-order valence-electron chi connectivity index (χ2n) is 24.5. The van der Waals surface area contributed by atoms with Crippen LogP contribution in [0.5, 0.6) is 0 Å². The van der Waals surface area contributed by atoms with Gasteiger partial charge in [-0.3, -0.25) is 14.4 Å². The molecule has 0 bridgehead atoms. The molecule has 0 aromatic carbocycles. The van der Waals surface area contributed by atoms with Gasteiger partial charge in [0.15, 0.2) is 6.10 Å². The zero-order valence-corrected chi connectivity index (χ0v) is 55.0. The molecule has 0 aromatic rings. The quantitative estimate of drug-likeness (QED) is 0.0261. The number of hydrogen-bond acceptors (Lipinski definition) is 6. The van der Waals surface area contributed by atoms with Crippen molar-refractivity contribution < 1.29 is 28.6 Å². The summed E-state index contributed by atoms with van der Waals surface area (Å²) in [6.45, 7) is 6.60. The Hall–Kier alpha value is -2.89. The average Bonchev–Trinajstić information content (AvgIpc) is 3.47. The molecule has 0 aliphatic heterocycles. The smallest absolute Gasteiger partial charge is 0.306 e. The fourth-order valence-electron chi connectivity index (χ4n) is 10.9. The highest BCUT2D eigenvalue weighted by Crippen LogP contribution is 2.19. The average molecular weight is 1150 g/mol. The summed E-state index contributed by atoms with van der Waals surface area (Å²) in [5.74, 6) is -0.838. The first-order chi connectivity index (χ1) is 40.5. The molecular weight excluding hydrogens is 1010 g/mol. The minimum absolute atomic E-state index is 0.0672. The molecular formula is C76H138O6. The normalized spacial score (nSPS) is 12.4. The van der Waals surface area contributed by atoms with Gasteiger partial charge in [-0.15, -0.1) is 0 Å². The first-order valence-corrected chi connectivity index (χ1v) is 36.3. The first-order valence-electron chi connectivity index (χ1n) is 36.3. The lowest BCUT2D eigenvalue weighted by Crippen LogP contribution is -2.30. The third kappa shape index (κ3) is 67.9. The summed E-state index contributed by atoms with van der Waals surface area (Å²) in [4.78, 5) is 38.5. The van der Waals surface area contributed by atoms with E-state index < -0.39 is 6.10 Å². The molecule has 0 heterocycles. The van der Waals surface area contributed by atoms with Gasteiger partial charge < -0.3 is 14.2 Å². The van der Waals surface area contributed by atoms with Crippen LogP contribution >= 0.6 is 0 Å². The van der Waals surface area contributed by atoms with Crippen LogP contribution in [0.15, 0.2) is 60.8 Å². The fourth-order valence-corrected chi connectivity index (χ4v) is 10.9. The lowest BCUT2D eigenvalue weighted by atomic mass is 10.0. The molecule has 1 atom stereocenters. The Labute approximate surface area is 510 Å². The molecule has 0 aromatic heterocycles. The van der Waals surface area contributed by atoms with Gasteiger partial charge in [0, 0.05) is 19.3 Å². The highest BCUT2D eigenvalue weighted by molar-refractivity contribution is 5.71. The maximum atomic E-state index is 13.0. The van der Waals surface area contributed by atoms with E-state index in [9.17, 15) is 14.4 Å². The van der Waals surface area contributed by atoms with E-state index >= 15 is 0 Å². The van der Waals surface area contributed by atoms with Gasteiger partial charge in [-0.25, -0.2) is 0 Å². The van der Waals surface area contributed by atoms with Crippen molar-refractivity contribution in [1.82, 2.24) is 0 Å². The van der Waals surface area contributed by atoms with Gasteiger partial charge >= 0.3 is 17.9 Å². The summed E-state index contributed by atoms with van der Waals surface area (Å²) >= 11 is 0. The summed E-state index contributed by atoms with van der Waals surface area (Å²) in [6, 6.07) is 0. The number of allylic oxidation sites excluding steroid dienone is 10. The number of rotatable bonds is 67. The molecule has 0 amide bonds. The minimum atomic E-state index is -0.772. The van der Waals surface area contributed by atoms with Crippen LogP contribution in [-0.4, -0.2) is 37.2 Å². The maximum absolute atomic E-state index is 13.0. The second-order valence-corrected chi connectivity index (χ2v) is 24.5. The van der Waals surface area contributed by atoms with E-state index in [2.05, 4.69) is 81.5 Å². The largest absolute Gasteiger partial charge is 0.462 e. The molecule has 0 rings (SSSR count). The summed E-state index contributed by atoms with van der Waals surface area (Å²) in [5, 5.41) is 0. The van der Waals surface area contributed by atoms with Crippen molar-refractivity contribution in [3.05, 3.63) is 60.8 Å². The van der Waals surface area contributed by atoms with Crippen LogP contribution in [0.4, 0.5) is 0 Å². The van der Waals surface area contributed by atoms with E-state index in [0.717, 1.165) is 89.9 Å². The van der Waals surface area contributed by atoms with Crippen molar-refractivity contribution in [1.29, 1.82) is 0 Å². The predicted molar refractivity (Wildman–Crippen MR) is 358 cm³/mol. The number of hydrogen-bond donors (Lipinski definition) is 0. The summed E-state index contributed by atoms with van der Waals surface area (Å²) in [7, 11) is 0. The molecule has 0 aliphatic rings. The van der Waals surface area contributed by atoms with Crippen molar-refractivity contribution >= 4 is 17.9 Å². The molecule has 0 N–H and O–H groups in total. The monoisotopic (exact) mass is 1150 g/mol. The van der Waals surface area contributed by atoms with Crippen LogP contribution in [0.3, 0.4) is 0 Å². The van der Waals surface area contributed by atoms with Crippen molar-refractivity contribution in [2.75, 3.05) is 13.2 Å². The standard InChI is InChI=1S/C76H138O6/c1-4-7-10-13-16-19-22-25-28-30-32-34-35-36-37-38-39-40-41-42-44-45-48-51-54-57-60-63-66-69-75(78)81-72-73(71-80-74(77)68-65-62-59-56-53-50-47-27-24-21-18-15-12-9-6-3)82-76(79)70-67-64-61-58-55-52-49-46-43-33-31-29-26-23-20-17-14-11-8-5-2/h7,10,16,19,25,28,32,34,36-37,73H,4-6,8-9,11-15,17-18,20-24,26-27,29-31,33,35,38-72H2,1-3H3/b10-7-,19-16-,28-25-,34-32-,37-36-. The van der Waals surface area contributed by atoms with E-state index in [0.29, 0.717) is 19.3 Å². The van der Waals surface area contributed by atoms with Crippen molar-refractivity contribution in [3.8, 4) is 0 Å². The molecule has 6 nitrogen and oxygen atoms in total. The van der Waals surface area contributed by atoms with Crippen LogP contribution in [0.1, 0.15) is 387 Å². The molecule has 1 unspecified atom stereocenters. The Morgan fingerprint density at radius 1 is 0.256 bits per heavy atom. The molecule has 0 saturated heterocycles. The number of esters is 3. The Morgan fingerprint density at radius 3 is 0.744 bits per heavy atom. The molecule has 0 spiro atoms. The zero-order valence-electron chi connectivity index (χ0n) is 55.0.